The highest BCUT2D eigenvalue weighted by molar-refractivity contribution is 7.81. The Morgan fingerprint density at radius 3 is 2.22 bits per heavy atom. The van der Waals surface area contributed by atoms with Gasteiger partial charge in [0.15, 0.2) is 0 Å². The molecule has 0 aliphatic rings. The molecular formula is C5H12O2S2. The van der Waals surface area contributed by atoms with Crippen LogP contribution in [-0.2, 0) is 4.74 Å². The summed E-state index contributed by atoms with van der Waals surface area (Å²) in [6, 6.07) is 0. The standard InChI is InChI=1S/C5H12O2S2/c6-1-2-7-5(3-8)4-9/h5-6,8-9H,1-4H2. The van der Waals surface area contributed by atoms with Gasteiger partial charge in [-0.3, -0.25) is 0 Å². The number of aliphatic hydroxyl groups is 1. The molecule has 4 heteroatoms. The molecule has 0 aromatic carbocycles. The lowest BCUT2D eigenvalue weighted by atomic mass is 10.5. The molecule has 0 saturated carbocycles. The molecule has 0 atom stereocenters. The smallest absolute Gasteiger partial charge is 0.0751 e. The lowest BCUT2D eigenvalue weighted by Crippen LogP contribution is -2.18. The maximum absolute atomic E-state index is 8.33. The molecule has 0 rings (SSSR count). The second-order valence-corrected chi connectivity index (χ2v) is 2.31. The zero-order valence-corrected chi connectivity index (χ0v) is 6.94. The monoisotopic (exact) mass is 168 g/mol. The summed E-state index contributed by atoms with van der Waals surface area (Å²) in [5, 5.41) is 8.33. The van der Waals surface area contributed by atoms with E-state index in [9.17, 15) is 0 Å². The molecule has 0 unspecified atom stereocenters. The number of ether oxygens (including phenoxy) is 1. The van der Waals surface area contributed by atoms with Crippen LogP contribution in [0.1, 0.15) is 0 Å². The normalized spacial score (nSPS) is 10.7. The number of rotatable bonds is 5. The summed E-state index contributed by atoms with van der Waals surface area (Å²) in [7, 11) is 0. The highest BCUT2D eigenvalue weighted by Crippen LogP contribution is 1.96. The van der Waals surface area contributed by atoms with E-state index in [1.165, 1.54) is 0 Å². The summed E-state index contributed by atoms with van der Waals surface area (Å²) in [5.74, 6) is 1.31. The Morgan fingerprint density at radius 2 is 1.89 bits per heavy atom. The minimum Gasteiger partial charge on any atom is -0.394 e. The number of hydrogen-bond acceptors (Lipinski definition) is 4. The summed E-state index contributed by atoms with van der Waals surface area (Å²) in [6.07, 6.45) is 0.0730. The Hall–Kier alpha value is 0.620. The molecule has 1 N–H and O–H groups in total. The fraction of sp³-hybridized carbons (Fsp3) is 1.00. The van der Waals surface area contributed by atoms with Crippen LogP contribution in [0.2, 0.25) is 0 Å². The molecule has 0 aromatic rings. The van der Waals surface area contributed by atoms with Crippen LogP contribution in [0.4, 0.5) is 0 Å². The predicted octanol–water partition coefficient (Wildman–Crippen LogP) is 0.223. The van der Waals surface area contributed by atoms with Gasteiger partial charge in [0.05, 0.1) is 19.3 Å². The van der Waals surface area contributed by atoms with Crippen LogP contribution >= 0.6 is 25.3 Å². The van der Waals surface area contributed by atoms with E-state index in [0.717, 1.165) is 0 Å². The number of thiol groups is 2. The Balaban J connectivity index is 3.09. The van der Waals surface area contributed by atoms with Crippen molar-refractivity contribution in [3.63, 3.8) is 0 Å². The van der Waals surface area contributed by atoms with Gasteiger partial charge in [-0.1, -0.05) is 0 Å². The third-order valence-electron chi connectivity index (χ3n) is 0.852. The third kappa shape index (κ3) is 5.08. The van der Waals surface area contributed by atoms with Crippen molar-refractivity contribution in [3.05, 3.63) is 0 Å². The SMILES string of the molecule is OCCOC(CS)CS. The second-order valence-electron chi connectivity index (χ2n) is 1.58. The first-order valence-electron chi connectivity index (χ1n) is 2.79. The van der Waals surface area contributed by atoms with Gasteiger partial charge in [-0.25, -0.2) is 0 Å². The van der Waals surface area contributed by atoms with Gasteiger partial charge in [0.1, 0.15) is 0 Å². The Kier molecular flexibility index (Phi) is 7.20. The van der Waals surface area contributed by atoms with E-state index in [4.69, 9.17) is 9.84 Å². The largest absolute Gasteiger partial charge is 0.394 e. The van der Waals surface area contributed by atoms with Gasteiger partial charge in [0.25, 0.3) is 0 Å². The third-order valence-corrected chi connectivity index (χ3v) is 1.67. The van der Waals surface area contributed by atoms with Gasteiger partial charge in [-0.2, -0.15) is 25.3 Å². The molecule has 0 heterocycles. The fourth-order valence-corrected chi connectivity index (χ4v) is 1.06. The summed E-state index contributed by atoms with van der Waals surface area (Å²) < 4.78 is 5.09. The number of hydrogen-bond donors (Lipinski definition) is 3. The lowest BCUT2D eigenvalue weighted by Gasteiger charge is -2.10. The number of aliphatic hydroxyl groups excluding tert-OH is 1. The van der Waals surface area contributed by atoms with Crippen molar-refractivity contribution in [2.75, 3.05) is 24.7 Å². The van der Waals surface area contributed by atoms with Crippen molar-refractivity contribution in [3.8, 4) is 0 Å². The van der Waals surface area contributed by atoms with Crippen LogP contribution in [0.15, 0.2) is 0 Å². The molecule has 2 nitrogen and oxygen atoms in total. The Morgan fingerprint density at radius 1 is 1.33 bits per heavy atom. The summed E-state index contributed by atoms with van der Waals surface area (Å²) in [4.78, 5) is 0. The summed E-state index contributed by atoms with van der Waals surface area (Å²) in [5.41, 5.74) is 0. The maximum atomic E-state index is 8.33. The maximum Gasteiger partial charge on any atom is 0.0751 e. The second kappa shape index (κ2) is 6.74. The topological polar surface area (TPSA) is 29.5 Å². The molecule has 0 saturated heterocycles. The molecule has 0 aromatic heterocycles. The summed E-state index contributed by atoms with van der Waals surface area (Å²) in [6.45, 7) is 0.448. The molecule has 0 amide bonds. The molecule has 0 aliphatic heterocycles. The Labute approximate surface area is 66.4 Å². The first-order valence-corrected chi connectivity index (χ1v) is 4.05. The van der Waals surface area contributed by atoms with E-state index in [2.05, 4.69) is 25.3 Å². The highest BCUT2D eigenvalue weighted by Gasteiger charge is 2.01. The first-order chi connectivity index (χ1) is 4.35. The average molecular weight is 168 g/mol. The van der Waals surface area contributed by atoms with Crippen LogP contribution in [-0.4, -0.2) is 35.9 Å². The molecule has 56 valence electrons. The molecule has 0 aliphatic carbocycles. The van der Waals surface area contributed by atoms with E-state index >= 15 is 0 Å². The highest BCUT2D eigenvalue weighted by atomic mass is 32.1. The van der Waals surface area contributed by atoms with Crippen molar-refractivity contribution in [2.24, 2.45) is 0 Å². The van der Waals surface area contributed by atoms with Crippen molar-refractivity contribution in [1.82, 2.24) is 0 Å². The molecule has 0 spiro atoms. The minimum absolute atomic E-state index is 0.0675. The van der Waals surface area contributed by atoms with Crippen LogP contribution < -0.4 is 0 Å². The van der Waals surface area contributed by atoms with Gasteiger partial charge in [0, 0.05) is 11.5 Å². The van der Waals surface area contributed by atoms with Gasteiger partial charge >= 0.3 is 0 Å². The van der Waals surface area contributed by atoms with E-state index < -0.39 is 0 Å². The molecule has 9 heavy (non-hydrogen) atoms. The van der Waals surface area contributed by atoms with Gasteiger partial charge in [0.2, 0.25) is 0 Å². The van der Waals surface area contributed by atoms with Crippen LogP contribution in [0, 0.1) is 0 Å². The molecule has 0 fully saturated rings. The summed E-state index contributed by atoms with van der Waals surface area (Å²) >= 11 is 8.03. The van der Waals surface area contributed by atoms with E-state index in [-0.39, 0.29) is 12.7 Å². The molecule has 0 bridgehead atoms. The van der Waals surface area contributed by atoms with E-state index in [1.807, 2.05) is 0 Å². The van der Waals surface area contributed by atoms with Crippen LogP contribution in [0.25, 0.3) is 0 Å². The van der Waals surface area contributed by atoms with Crippen molar-refractivity contribution >= 4 is 25.3 Å². The van der Waals surface area contributed by atoms with Crippen molar-refractivity contribution < 1.29 is 9.84 Å². The van der Waals surface area contributed by atoms with E-state index in [0.29, 0.717) is 18.1 Å². The zero-order chi connectivity index (χ0) is 7.11. The van der Waals surface area contributed by atoms with Crippen molar-refractivity contribution in [2.45, 2.75) is 6.10 Å². The quantitative estimate of drug-likeness (QED) is 0.513. The minimum atomic E-state index is 0.0675. The average Bonchev–Trinajstić information content (AvgIpc) is 1.91. The first kappa shape index (κ1) is 9.62. The zero-order valence-electron chi connectivity index (χ0n) is 5.16. The Bertz CT molecular complexity index is 56.9. The lowest BCUT2D eigenvalue weighted by molar-refractivity contribution is 0.0548. The van der Waals surface area contributed by atoms with Gasteiger partial charge in [-0.05, 0) is 0 Å². The van der Waals surface area contributed by atoms with E-state index in [1.54, 1.807) is 0 Å². The van der Waals surface area contributed by atoms with Crippen LogP contribution in [0.5, 0.6) is 0 Å². The molecule has 0 radical (unpaired) electrons. The van der Waals surface area contributed by atoms with Gasteiger partial charge in [-0.15, -0.1) is 0 Å². The molecular weight excluding hydrogens is 156 g/mol. The predicted molar refractivity (Wildman–Crippen MR) is 44.5 cm³/mol. The fourth-order valence-electron chi connectivity index (χ4n) is 0.383. The van der Waals surface area contributed by atoms with Gasteiger partial charge < -0.3 is 9.84 Å². The van der Waals surface area contributed by atoms with Crippen LogP contribution in [0.3, 0.4) is 0 Å². The van der Waals surface area contributed by atoms with Crippen molar-refractivity contribution in [1.29, 1.82) is 0 Å².